The Hall–Kier alpha value is -5.63. The van der Waals surface area contributed by atoms with E-state index in [0.29, 0.717) is 57.0 Å². The van der Waals surface area contributed by atoms with E-state index in [1.54, 1.807) is 21.1 Å². The SMILES string of the molecule is CCn1c(-c2cc(N3CCN(C4CC4)CC3)cnc2[C@H](C)OC)c2c3cc(ccc31)-c1csc(n1)C[C@H](NC(=O)[C@H](C(C)C)N(C)C(=O)N1C[C@H](C)C[C@@]13CCCN(C(C)=O)C3)C(=O)N1CCC[C@H](N1)C(=O)OCC(C)(C)C2. The minimum Gasteiger partial charge on any atom is -0.464 e. The van der Waals surface area contributed by atoms with Gasteiger partial charge in [0.25, 0.3) is 5.91 Å². The predicted octanol–water partition coefficient (Wildman–Crippen LogP) is 7.29. The second kappa shape index (κ2) is 22.5. The van der Waals surface area contributed by atoms with Crippen molar-refractivity contribution in [3.63, 3.8) is 0 Å². The summed E-state index contributed by atoms with van der Waals surface area (Å²) in [6, 6.07) is 6.47. The quantitative estimate of drug-likeness (QED) is 0.152. The summed E-state index contributed by atoms with van der Waals surface area (Å²) in [6.45, 7) is 22.7. The molecule has 5 fully saturated rings. The number of methoxy groups -OCH3 is 1. The fourth-order valence-corrected chi connectivity index (χ4v) is 14.3. The molecule has 1 aliphatic carbocycles. The predicted molar refractivity (Wildman–Crippen MR) is 303 cm³/mol. The minimum absolute atomic E-state index is 0.00740. The highest BCUT2D eigenvalue weighted by Crippen LogP contribution is 2.44. The number of thiazole rings is 1. The van der Waals surface area contributed by atoms with Crippen molar-refractivity contribution in [1.29, 1.82) is 0 Å². The first-order valence-corrected chi connectivity index (χ1v) is 29.6. The van der Waals surface area contributed by atoms with E-state index in [0.717, 1.165) is 102 Å². The number of piperazine rings is 1. The van der Waals surface area contributed by atoms with Gasteiger partial charge in [0.1, 0.15) is 18.1 Å². The van der Waals surface area contributed by atoms with Crippen LogP contribution in [0.1, 0.15) is 123 Å². The Balaban J connectivity index is 1.00. The van der Waals surface area contributed by atoms with Gasteiger partial charge in [-0.3, -0.25) is 34.1 Å². The van der Waals surface area contributed by atoms with Gasteiger partial charge in [-0.2, -0.15) is 0 Å². The maximum Gasteiger partial charge on any atom is 0.324 e. The summed E-state index contributed by atoms with van der Waals surface area (Å²) in [5.41, 5.74) is 10.0. The highest BCUT2D eigenvalue weighted by Gasteiger charge is 2.51. The molecule has 6 bridgehead atoms. The highest BCUT2D eigenvalue weighted by molar-refractivity contribution is 7.10. The van der Waals surface area contributed by atoms with Gasteiger partial charge in [0.2, 0.25) is 11.8 Å². The summed E-state index contributed by atoms with van der Waals surface area (Å²) in [6.07, 6.45) is 8.33. The van der Waals surface area contributed by atoms with Gasteiger partial charge in [0.15, 0.2) is 0 Å². The standard InChI is InChI=1S/C59H83N11O7S/c1-11-68-49-18-15-40-26-43(49)45(53(68)44-27-42(31-60-51(44)38(5)76-10)66-24-22-65(23-25-66)41-16-17-41)30-58(7,8)35-77-56(74)46-14-12-21-70(63-46)55(73)47(28-50-61-48(40)33-78-50)62-54(72)52(36(2)3)64(9)57(75)69-32-37(4)29-59(69)19-13-20-67(34-59)39(6)71/h15,18,26-27,31,33,36-38,41,46-47,52,63H,11-14,16-17,19-25,28-30,32,34-35H2,1-10H3,(H,62,72)/t37-,38+,46+,47+,52+,59-/m1/s1. The van der Waals surface area contributed by atoms with E-state index in [9.17, 15) is 24.0 Å². The van der Waals surface area contributed by atoms with E-state index in [1.807, 2.05) is 42.1 Å². The Morgan fingerprint density at radius 2 is 1.79 bits per heavy atom. The Labute approximate surface area is 464 Å². The zero-order valence-corrected chi connectivity index (χ0v) is 48.5. The Morgan fingerprint density at radius 1 is 1.03 bits per heavy atom. The average molecular weight is 1090 g/mol. The first-order chi connectivity index (χ1) is 37.3. The normalized spacial score (nSPS) is 25.1. The van der Waals surface area contributed by atoms with Crippen LogP contribution in [0.4, 0.5) is 10.5 Å². The summed E-state index contributed by atoms with van der Waals surface area (Å²) < 4.78 is 14.7. The molecule has 18 nitrogen and oxygen atoms in total. The molecule has 19 heteroatoms. The molecule has 4 aromatic rings. The summed E-state index contributed by atoms with van der Waals surface area (Å²) in [7, 11) is 3.40. The molecule has 4 saturated heterocycles. The van der Waals surface area contributed by atoms with E-state index in [-0.39, 0.29) is 42.9 Å². The number of ether oxygens (including phenoxy) is 2. The maximum absolute atomic E-state index is 14.9. The molecule has 1 saturated carbocycles. The number of rotatable bonds is 10. The third kappa shape index (κ3) is 11.1. The fourth-order valence-electron chi connectivity index (χ4n) is 13.4. The number of fused-ring (bicyclic) bond motifs is 6. The third-order valence-corrected chi connectivity index (χ3v) is 18.5. The van der Waals surface area contributed by atoms with Crippen LogP contribution in [0, 0.1) is 17.3 Å². The summed E-state index contributed by atoms with van der Waals surface area (Å²) >= 11 is 1.43. The number of hydrazine groups is 1. The summed E-state index contributed by atoms with van der Waals surface area (Å²) in [5, 5.41) is 8.30. The molecule has 1 spiro atoms. The summed E-state index contributed by atoms with van der Waals surface area (Å²) in [4.78, 5) is 92.2. The van der Waals surface area contributed by atoms with Crippen molar-refractivity contribution in [3.8, 4) is 22.5 Å². The number of piperidine rings is 1. The number of nitrogens with one attached hydrogen (secondary N) is 2. The van der Waals surface area contributed by atoms with Crippen LogP contribution in [0.25, 0.3) is 33.4 Å². The molecule has 0 unspecified atom stereocenters. The van der Waals surface area contributed by atoms with Gasteiger partial charge in [-0.1, -0.05) is 40.7 Å². The number of benzene rings is 1. The van der Waals surface area contributed by atoms with Crippen molar-refractivity contribution in [2.24, 2.45) is 17.3 Å². The van der Waals surface area contributed by atoms with E-state index in [4.69, 9.17) is 19.4 Å². The lowest BCUT2D eigenvalue weighted by Gasteiger charge is -2.47. The lowest BCUT2D eigenvalue weighted by Crippen LogP contribution is -2.64. The largest absolute Gasteiger partial charge is 0.464 e. The molecule has 422 valence electrons. The Morgan fingerprint density at radius 3 is 2.50 bits per heavy atom. The van der Waals surface area contributed by atoms with Crippen LogP contribution < -0.4 is 15.6 Å². The van der Waals surface area contributed by atoms with Crippen molar-refractivity contribution >= 4 is 57.6 Å². The number of likely N-dealkylation sites (tertiary alicyclic amines) is 2. The monoisotopic (exact) mass is 1090 g/mol. The number of anilines is 1. The second-order valence-electron chi connectivity index (χ2n) is 24.5. The molecule has 6 atom stereocenters. The molecule has 78 heavy (non-hydrogen) atoms. The number of cyclic esters (lactones) is 1. The smallest absolute Gasteiger partial charge is 0.324 e. The molecular weight excluding hydrogens is 1010 g/mol. The fraction of sp³-hybridized carbons (Fsp3) is 0.644. The Bertz CT molecular complexity index is 2910. The highest BCUT2D eigenvalue weighted by atomic mass is 32.1. The van der Waals surface area contributed by atoms with Gasteiger partial charge in [0.05, 0.1) is 52.2 Å². The van der Waals surface area contributed by atoms with Crippen LogP contribution in [0.15, 0.2) is 35.8 Å². The van der Waals surface area contributed by atoms with E-state index in [1.165, 1.54) is 34.1 Å². The zero-order valence-electron chi connectivity index (χ0n) is 47.7. The van der Waals surface area contributed by atoms with Gasteiger partial charge in [0, 0.05) is 125 Å². The Kier molecular flexibility index (Phi) is 16.0. The van der Waals surface area contributed by atoms with Gasteiger partial charge >= 0.3 is 12.0 Å². The van der Waals surface area contributed by atoms with Gasteiger partial charge in [-0.25, -0.2) is 15.2 Å². The van der Waals surface area contributed by atoms with Crippen molar-refractivity contribution in [3.05, 3.63) is 52.1 Å². The molecule has 10 rings (SSSR count). The van der Waals surface area contributed by atoms with Crippen LogP contribution in [0.3, 0.4) is 0 Å². The molecular formula is C59H83N11O7S. The molecule has 1 aromatic carbocycles. The lowest BCUT2D eigenvalue weighted by molar-refractivity contribution is -0.155. The molecule has 0 radical (unpaired) electrons. The van der Waals surface area contributed by atoms with Crippen molar-refractivity contribution in [2.45, 2.75) is 156 Å². The second-order valence-corrected chi connectivity index (χ2v) is 25.4. The van der Waals surface area contributed by atoms with Gasteiger partial charge < -0.3 is 39.0 Å². The zero-order chi connectivity index (χ0) is 55.4. The number of urea groups is 1. The maximum atomic E-state index is 14.9. The van der Waals surface area contributed by atoms with Crippen LogP contribution in [-0.2, 0) is 48.0 Å². The lowest BCUT2D eigenvalue weighted by atomic mass is 9.84. The first-order valence-electron chi connectivity index (χ1n) is 28.7. The number of aryl methyl sites for hydroxylation is 1. The van der Waals surface area contributed by atoms with E-state index < -0.39 is 46.9 Å². The van der Waals surface area contributed by atoms with Crippen LogP contribution in [0.2, 0.25) is 0 Å². The number of carbonyl (C=O) groups excluding carboxylic acids is 5. The van der Waals surface area contributed by atoms with Crippen molar-refractivity contribution < 1.29 is 33.4 Å². The molecule has 3 aromatic heterocycles. The van der Waals surface area contributed by atoms with Crippen molar-refractivity contribution in [2.75, 3.05) is 78.0 Å². The van der Waals surface area contributed by atoms with Crippen LogP contribution in [-0.4, -0.2) is 172 Å². The number of nitrogens with zero attached hydrogens (tertiary/aromatic N) is 9. The van der Waals surface area contributed by atoms with Crippen LogP contribution in [0.5, 0.6) is 0 Å². The number of carbonyl (C=O) groups is 5. The number of pyridine rings is 1. The third-order valence-electron chi connectivity index (χ3n) is 17.6. The molecule has 2 N–H and O–H groups in total. The number of hydrogen-bond donors (Lipinski definition) is 2. The number of aromatic nitrogens is 3. The minimum atomic E-state index is -1.09. The summed E-state index contributed by atoms with van der Waals surface area (Å²) in [5.74, 6) is -1.42. The number of likely N-dealkylation sites (N-methyl/N-ethyl adjacent to an activating group) is 1. The topological polar surface area (TPSA) is 178 Å². The van der Waals surface area contributed by atoms with E-state index in [2.05, 4.69) is 77.1 Å². The van der Waals surface area contributed by atoms with Crippen LogP contribution >= 0.6 is 11.3 Å². The molecule has 8 heterocycles. The first kappa shape index (κ1) is 55.7. The van der Waals surface area contributed by atoms with Crippen molar-refractivity contribution in [1.82, 2.24) is 49.9 Å². The molecule has 5 amide bonds. The average Bonchev–Trinajstić information content (AvgIpc) is 4.10. The van der Waals surface area contributed by atoms with E-state index >= 15 is 0 Å². The molecule has 6 aliphatic rings. The number of amides is 5. The number of esters is 1. The van der Waals surface area contributed by atoms with Gasteiger partial charge in [-0.05, 0) is 101 Å². The number of hydrogen-bond acceptors (Lipinski definition) is 13. The molecule has 5 aliphatic heterocycles. The van der Waals surface area contributed by atoms with Gasteiger partial charge in [-0.15, -0.1) is 11.3 Å².